The van der Waals surface area contributed by atoms with E-state index in [1.807, 2.05) is 6.20 Å². The van der Waals surface area contributed by atoms with Gasteiger partial charge in [0.15, 0.2) is 11.6 Å². The van der Waals surface area contributed by atoms with Gasteiger partial charge in [-0.15, -0.1) is 0 Å². The quantitative estimate of drug-likeness (QED) is 0.830. The molecule has 4 nitrogen and oxygen atoms in total. The lowest BCUT2D eigenvalue weighted by Gasteiger charge is -2.33. The second-order valence-electron chi connectivity index (χ2n) is 4.84. The SMILES string of the molecule is CC(C)c1cnc2c(n1)N(C(C)C)CCN2. The van der Waals surface area contributed by atoms with Crippen molar-refractivity contribution in [3.05, 3.63) is 11.9 Å². The molecule has 2 heterocycles. The summed E-state index contributed by atoms with van der Waals surface area (Å²) in [7, 11) is 0. The number of hydrogen-bond acceptors (Lipinski definition) is 4. The molecule has 1 aliphatic rings. The summed E-state index contributed by atoms with van der Waals surface area (Å²) in [5.74, 6) is 2.35. The van der Waals surface area contributed by atoms with E-state index in [0.717, 1.165) is 30.4 Å². The van der Waals surface area contributed by atoms with Gasteiger partial charge in [-0.3, -0.25) is 0 Å². The Morgan fingerprint density at radius 3 is 2.69 bits per heavy atom. The minimum absolute atomic E-state index is 0.425. The predicted molar refractivity (Wildman–Crippen MR) is 67.1 cm³/mol. The largest absolute Gasteiger partial charge is 0.365 e. The average Bonchev–Trinajstić information content (AvgIpc) is 2.27. The maximum absolute atomic E-state index is 4.72. The van der Waals surface area contributed by atoms with Gasteiger partial charge in [-0.05, 0) is 19.8 Å². The van der Waals surface area contributed by atoms with Crippen LogP contribution < -0.4 is 10.2 Å². The normalized spacial score (nSPS) is 15.2. The van der Waals surface area contributed by atoms with Crippen molar-refractivity contribution in [2.75, 3.05) is 23.3 Å². The van der Waals surface area contributed by atoms with Crippen molar-refractivity contribution in [2.45, 2.75) is 39.7 Å². The van der Waals surface area contributed by atoms with Crippen LogP contribution in [0.15, 0.2) is 6.20 Å². The van der Waals surface area contributed by atoms with Crippen LogP contribution >= 0.6 is 0 Å². The summed E-state index contributed by atoms with van der Waals surface area (Å²) in [5, 5.41) is 3.30. The van der Waals surface area contributed by atoms with E-state index in [1.165, 1.54) is 0 Å². The molecule has 0 aliphatic carbocycles. The van der Waals surface area contributed by atoms with Crippen molar-refractivity contribution >= 4 is 11.6 Å². The van der Waals surface area contributed by atoms with E-state index in [0.29, 0.717) is 12.0 Å². The van der Waals surface area contributed by atoms with E-state index in [-0.39, 0.29) is 0 Å². The monoisotopic (exact) mass is 220 g/mol. The van der Waals surface area contributed by atoms with Crippen LogP contribution in [0.5, 0.6) is 0 Å². The molecule has 4 heteroatoms. The number of nitrogens with zero attached hydrogens (tertiary/aromatic N) is 3. The van der Waals surface area contributed by atoms with Gasteiger partial charge < -0.3 is 10.2 Å². The van der Waals surface area contributed by atoms with Crippen molar-refractivity contribution in [2.24, 2.45) is 0 Å². The summed E-state index contributed by atoms with van der Waals surface area (Å²) in [6, 6.07) is 0.470. The summed E-state index contributed by atoms with van der Waals surface area (Å²) >= 11 is 0. The summed E-state index contributed by atoms with van der Waals surface area (Å²) < 4.78 is 0. The molecule has 0 unspecified atom stereocenters. The van der Waals surface area contributed by atoms with E-state index < -0.39 is 0 Å². The molecular formula is C12H20N4. The zero-order valence-electron chi connectivity index (χ0n) is 10.5. The number of fused-ring (bicyclic) bond motifs is 1. The Balaban J connectivity index is 2.40. The molecule has 0 aromatic carbocycles. The molecular weight excluding hydrogens is 200 g/mol. The molecule has 1 N–H and O–H groups in total. The van der Waals surface area contributed by atoms with Gasteiger partial charge in [0, 0.05) is 19.1 Å². The first-order chi connectivity index (χ1) is 7.59. The van der Waals surface area contributed by atoms with Crippen molar-refractivity contribution in [3.63, 3.8) is 0 Å². The topological polar surface area (TPSA) is 41.1 Å². The summed E-state index contributed by atoms with van der Waals surface area (Å²) in [5.41, 5.74) is 1.06. The highest BCUT2D eigenvalue weighted by molar-refractivity contribution is 5.63. The van der Waals surface area contributed by atoms with Gasteiger partial charge in [0.25, 0.3) is 0 Å². The molecule has 0 amide bonds. The number of rotatable bonds is 2. The van der Waals surface area contributed by atoms with Crippen molar-refractivity contribution in [1.82, 2.24) is 9.97 Å². The molecule has 0 radical (unpaired) electrons. The number of aromatic nitrogens is 2. The van der Waals surface area contributed by atoms with Gasteiger partial charge in [0.1, 0.15) is 0 Å². The first-order valence-electron chi connectivity index (χ1n) is 5.97. The lowest BCUT2D eigenvalue weighted by Crippen LogP contribution is -2.40. The molecule has 0 atom stereocenters. The fourth-order valence-electron chi connectivity index (χ4n) is 1.90. The molecule has 88 valence electrons. The van der Waals surface area contributed by atoms with Crippen LogP contribution in [0.3, 0.4) is 0 Å². The molecule has 2 rings (SSSR count). The highest BCUT2D eigenvalue weighted by Gasteiger charge is 2.22. The standard InChI is InChI=1S/C12H20N4/c1-8(2)10-7-14-11-12(15-10)16(9(3)4)6-5-13-11/h7-9H,5-6H2,1-4H3,(H,13,14). The van der Waals surface area contributed by atoms with Crippen LogP contribution in [0.25, 0.3) is 0 Å². The minimum atomic E-state index is 0.425. The molecule has 1 aromatic heterocycles. The fraction of sp³-hybridized carbons (Fsp3) is 0.667. The van der Waals surface area contributed by atoms with E-state index in [1.54, 1.807) is 0 Å². The first kappa shape index (κ1) is 11.2. The maximum Gasteiger partial charge on any atom is 0.172 e. The molecule has 16 heavy (non-hydrogen) atoms. The van der Waals surface area contributed by atoms with Crippen LogP contribution in [0.4, 0.5) is 11.6 Å². The average molecular weight is 220 g/mol. The Morgan fingerprint density at radius 1 is 1.31 bits per heavy atom. The Bertz CT molecular complexity index is 373. The number of hydrogen-bond donors (Lipinski definition) is 1. The Morgan fingerprint density at radius 2 is 2.06 bits per heavy atom. The molecule has 0 spiro atoms. The zero-order chi connectivity index (χ0) is 11.7. The fourth-order valence-corrected chi connectivity index (χ4v) is 1.90. The Kier molecular flexibility index (Phi) is 2.99. The Labute approximate surface area is 97.1 Å². The highest BCUT2D eigenvalue weighted by atomic mass is 15.3. The predicted octanol–water partition coefficient (Wildman–Crippen LogP) is 2.24. The van der Waals surface area contributed by atoms with Crippen LogP contribution in [-0.4, -0.2) is 29.1 Å². The van der Waals surface area contributed by atoms with E-state index in [2.05, 4.69) is 42.9 Å². The third-order valence-corrected chi connectivity index (χ3v) is 2.90. The van der Waals surface area contributed by atoms with Gasteiger partial charge in [-0.2, -0.15) is 0 Å². The van der Waals surface area contributed by atoms with Gasteiger partial charge in [0.05, 0.1) is 11.9 Å². The molecule has 1 aromatic rings. The van der Waals surface area contributed by atoms with Crippen LogP contribution in [0.2, 0.25) is 0 Å². The van der Waals surface area contributed by atoms with Gasteiger partial charge >= 0.3 is 0 Å². The molecule has 0 saturated heterocycles. The van der Waals surface area contributed by atoms with Gasteiger partial charge in [-0.25, -0.2) is 9.97 Å². The third kappa shape index (κ3) is 1.96. The Hall–Kier alpha value is -1.32. The minimum Gasteiger partial charge on any atom is -0.365 e. The first-order valence-corrected chi connectivity index (χ1v) is 5.97. The number of anilines is 2. The third-order valence-electron chi connectivity index (χ3n) is 2.90. The van der Waals surface area contributed by atoms with Crippen molar-refractivity contribution in [3.8, 4) is 0 Å². The summed E-state index contributed by atoms with van der Waals surface area (Å²) in [4.78, 5) is 11.5. The van der Waals surface area contributed by atoms with E-state index in [4.69, 9.17) is 4.98 Å². The summed E-state index contributed by atoms with van der Waals surface area (Å²) in [6.45, 7) is 10.6. The van der Waals surface area contributed by atoms with Crippen molar-refractivity contribution < 1.29 is 0 Å². The lowest BCUT2D eigenvalue weighted by atomic mass is 10.1. The molecule has 0 fully saturated rings. The van der Waals surface area contributed by atoms with Crippen molar-refractivity contribution in [1.29, 1.82) is 0 Å². The van der Waals surface area contributed by atoms with Crippen LogP contribution in [0.1, 0.15) is 39.3 Å². The smallest absolute Gasteiger partial charge is 0.172 e. The van der Waals surface area contributed by atoms with Gasteiger partial charge in [-0.1, -0.05) is 13.8 Å². The second kappa shape index (κ2) is 4.28. The lowest BCUT2D eigenvalue weighted by molar-refractivity contribution is 0.659. The maximum atomic E-state index is 4.72. The molecule has 0 saturated carbocycles. The second-order valence-corrected chi connectivity index (χ2v) is 4.84. The zero-order valence-corrected chi connectivity index (χ0v) is 10.5. The van der Waals surface area contributed by atoms with E-state index >= 15 is 0 Å². The highest BCUT2D eigenvalue weighted by Crippen LogP contribution is 2.27. The molecule has 0 bridgehead atoms. The van der Waals surface area contributed by atoms with Crippen LogP contribution in [0, 0.1) is 0 Å². The summed E-state index contributed by atoms with van der Waals surface area (Å²) in [6.07, 6.45) is 1.88. The van der Waals surface area contributed by atoms with Crippen LogP contribution in [-0.2, 0) is 0 Å². The number of nitrogens with one attached hydrogen (secondary N) is 1. The van der Waals surface area contributed by atoms with E-state index in [9.17, 15) is 0 Å². The van der Waals surface area contributed by atoms with Gasteiger partial charge in [0.2, 0.25) is 0 Å². The molecule has 1 aliphatic heterocycles.